The molecule has 0 aliphatic rings. The highest BCUT2D eigenvalue weighted by atomic mass is 31.2. The van der Waals surface area contributed by atoms with E-state index in [4.69, 9.17) is 34.1 Å². The number of rotatable bonds is 44. The summed E-state index contributed by atoms with van der Waals surface area (Å²) in [6, 6.07) is 0. The van der Waals surface area contributed by atoms with E-state index in [-0.39, 0.29) is 45.2 Å². The van der Waals surface area contributed by atoms with E-state index in [1.807, 2.05) is 6.92 Å². The first-order chi connectivity index (χ1) is 27.8. The van der Waals surface area contributed by atoms with E-state index in [9.17, 15) is 19.0 Å². The quantitative estimate of drug-likeness (QED) is 0.0304. The summed E-state index contributed by atoms with van der Waals surface area (Å²) in [6.45, 7) is 6.96. The molecule has 4 N–H and O–H groups in total. The molecule has 0 aromatic heterocycles. The molecule has 11 nitrogen and oxygen atoms in total. The Balaban J connectivity index is 0. The number of carbonyl (C=O) groups excluding carboxylic acids is 2. The maximum atomic E-state index is 12.6. The zero-order valence-electron chi connectivity index (χ0n) is 37.3. The average molecular weight is 838 g/mol. The Labute approximate surface area is 350 Å². The third kappa shape index (κ3) is 49.2. The molecular weight excluding hydrogens is 745 g/mol. The molecule has 0 saturated heterocycles. The molecule has 2 unspecified atom stereocenters. The van der Waals surface area contributed by atoms with E-state index in [1.165, 1.54) is 154 Å². The molecule has 57 heavy (non-hydrogen) atoms. The molecule has 12 heteroatoms. The van der Waals surface area contributed by atoms with Crippen molar-refractivity contribution in [1.82, 2.24) is 0 Å². The van der Waals surface area contributed by atoms with Crippen LogP contribution in [0.1, 0.15) is 226 Å². The smallest absolute Gasteiger partial charge is 0.462 e. The van der Waals surface area contributed by atoms with Gasteiger partial charge in [-0.25, -0.2) is 4.57 Å². The molecule has 0 heterocycles. The van der Waals surface area contributed by atoms with Gasteiger partial charge in [-0.05, 0) is 19.8 Å². The standard InChI is InChI=1S/C41H82NO8P.C4H10O2/c1-3-5-7-9-11-13-15-17-19-21-23-25-27-29-31-33-40(43)47-37-39(38-49-51(45,46)48-36-35-42)50-41(44)34-32-30-28-26-24-22-20-18-16-14-12-10-8-6-4-2;1-2-6-4-3-5/h39H,3-38,42H2,1-2H3,(H,45,46);5H,2-4H2,1H3. The van der Waals surface area contributed by atoms with Crippen molar-refractivity contribution in [2.24, 2.45) is 5.73 Å². The number of phosphoric acid groups is 1. The second-order valence-electron chi connectivity index (χ2n) is 15.5. The van der Waals surface area contributed by atoms with Crippen LogP contribution in [0.4, 0.5) is 0 Å². The van der Waals surface area contributed by atoms with Crippen LogP contribution in [0, 0.1) is 0 Å². The van der Waals surface area contributed by atoms with Gasteiger partial charge in [0.1, 0.15) is 6.61 Å². The molecule has 0 amide bonds. The Hall–Kier alpha value is -1.07. The lowest BCUT2D eigenvalue weighted by Crippen LogP contribution is -2.29. The van der Waals surface area contributed by atoms with Crippen LogP contribution in [0.5, 0.6) is 0 Å². The van der Waals surface area contributed by atoms with Crippen LogP contribution >= 0.6 is 7.82 Å². The van der Waals surface area contributed by atoms with Gasteiger partial charge in [0.25, 0.3) is 0 Å². The normalized spacial score (nSPS) is 12.8. The average Bonchev–Trinajstić information content (AvgIpc) is 3.20. The molecular formula is C45H92NO10P. The van der Waals surface area contributed by atoms with Gasteiger partial charge >= 0.3 is 19.8 Å². The molecule has 0 aromatic carbocycles. The van der Waals surface area contributed by atoms with Gasteiger partial charge in [0.05, 0.1) is 26.4 Å². The number of esters is 2. The summed E-state index contributed by atoms with van der Waals surface area (Å²) >= 11 is 0. The number of carbonyl (C=O) groups is 2. The zero-order chi connectivity index (χ0) is 42.3. The topological polar surface area (TPSA) is 164 Å². The number of aliphatic hydroxyl groups excluding tert-OH is 1. The van der Waals surface area contributed by atoms with Crippen LogP contribution in [-0.2, 0) is 37.4 Å². The van der Waals surface area contributed by atoms with Crippen molar-refractivity contribution in [3.8, 4) is 0 Å². The summed E-state index contributed by atoms with van der Waals surface area (Å²) in [5, 5.41) is 8.07. The van der Waals surface area contributed by atoms with Crippen molar-refractivity contribution in [3.05, 3.63) is 0 Å². The second kappa shape index (κ2) is 47.6. The van der Waals surface area contributed by atoms with Gasteiger partial charge in [-0.1, -0.05) is 194 Å². The van der Waals surface area contributed by atoms with Gasteiger partial charge in [-0.3, -0.25) is 18.6 Å². The number of nitrogens with two attached hydrogens (primary N) is 1. The first-order valence-corrected chi connectivity index (χ1v) is 25.1. The molecule has 0 spiro atoms. The molecule has 0 rings (SSSR count). The lowest BCUT2D eigenvalue weighted by Gasteiger charge is -2.19. The highest BCUT2D eigenvalue weighted by Crippen LogP contribution is 2.43. The maximum Gasteiger partial charge on any atom is 0.472 e. The molecule has 0 aromatic rings. The second-order valence-corrected chi connectivity index (χ2v) is 17.0. The van der Waals surface area contributed by atoms with Gasteiger partial charge in [0, 0.05) is 26.0 Å². The number of phosphoric ester groups is 1. The van der Waals surface area contributed by atoms with Crippen LogP contribution < -0.4 is 5.73 Å². The predicted molar refractivity (Wildman–Crippen MR) is 234 cm³/mol. The van der Waals surface area contributed by atoms with Crippen LogP contribution in [0.15, 0.2) is 0 Å². The van der Waals surface area contributed by atoms with Crippen molar-refractivity contribution in [3.63, 3.8) is 0 Å². The van der Waals surface area contributed by atoms with Crippen molar-refractivity contribution < 1.29 is 47.4 Å². The predicted octanol–water partition coefficient (Wildman–Crippen LogP) is 12.1. The van der Waals surface area contributed by atoms with Crippen molar-refractivity contribution in [2.45, 2.75) is 232 Å². The highest BCUT2D eigenvalue weighted by molar-refractivity contribution is 7.47. The largest absolute Gasteiger partial charge is 0.472 e. The molecule has 0 bridgehead atoms. The van der Waals surface area contributed by atoms with E-state index in [1.54, 1.807) is 0 Å². The Morgan fingerprint density at radius 3 is 1.23 bits per heavy atom. The fourth-order valence-corrected chi connectivity index (χ4v) is 7.26. The Kier molecular flexibility index (Phi) is 48.5. The van der Waals surface area contributed by atoms with Crippen LogP contribution in [-0.4, -0.2) is 74.2 Å². The number of hydrogen-bond acceptors (Lipinski definition) is 10. The van der Waals surface area contributed by atoms with Gasteiger partial charge in [0.2, 0.25) is 0 Å². The molecule has 2 atom stereocenters. The maximum absolute atomic E-state index is 12.6. The molecule has 0 fully saturated rings. The molecule has 0 aliphatic carbocycles. The fraction of sp³-hybridized carbons (Fsp3) is 0.956. The number of unbranched alkanes of at least 4 members (excludes halogenated alkanes) is 28. The monoisotopic (exact) mass is 838 g/mol. The Bertz CT molecular complexity index is 877. The SMILES string of the molecule is CCCCCCCCCCCCCCCCCC(=O)OCC(COP(=O)(O)OCCN)OC(=O)CCCCCCCCCCCCCCCCC.CCOCCO. The summed E-state index contributed by atoms with van der Waals surface area (Å²) < 4.78 is 37.5. The zero-order valence-corrected chi connectivity index (χ0v) is 38.2. The van der Waals surface area contributed by atoms with Crippen molar-refractivity contribution in [2.75, 3.05) is 46.2 Å². The Morgan fingerprint density at radius 1 is 0.526 bits per heavy atom. The fourth-order valence-electron chi connectivity index (χ4n) is 6.49. The molecule has 0 radical (unpaired) electrons. The van der Waals surface area contributed by atoms with Gasteiger partial charge < -0.3 is 29.9 Å². The molecule has 342 valence electrons. The number of ether oxygens (including phenoxy) is 3. The van der Waals surface area contributed by atoms with E-state index in [2.05, 4.69) is 13.8 Å². The number of hydrogen-bond donors (Lipinski definition) is 3. The summed E-state index contributed by atoms with van der Waals surface area (Å²) in [4.78, 5) is 34.8. The highest BCUT2D eigenvalue weighted by Gasteiger charge is 2.26. The van der Waals surface area contributed by atoms with E-state index in [0.717, 1.165) is 32.1 Å². The molecule has 0 saturated carbocycles. The van der Waals surface area contributed by atoms with Gasteiger partial charge in [-0.15, -0.1) is 0 Å². The van der Waals surface area contributed by atoms with Gasteiger partial charge in [-0.2, -0.15) is 0 Å². The van der Waals surface area contributed by atoms with Crippen LogP contribution in [0.2, 0.25) is 0 Å². The summed E-state index contributed by atoms with van der Waals surface area (Å²) in [5.41, 5.74) is 5.34. The van der Waals surface area contributed by atoms with Crippen LogP contribution in [0.3, 0.4) is 0 Å². The number of aliphatic hydroxyl groups is 1. The summed E-state index contributed by atoms with van der Waals surface area (Å²) in [7, 11) is -4.37. The third-order valence-electron chi connectivity index (χ3n) is 9.93. The minimum Gasteiger partial charge on any atom is -0.462 e. The third-order valence-corrected chi connectivity index (χ3v) is 10.9. The first-order valence-electron chi connectivity index (χ1n) is 23.6. The summed E-state index contributed by atoms with van der Waals surface area (Å²) in [5.74, 6) is -0.813. The lowest BCUT2D eigenvalue weighted by molar-refractivity contribution is -0.161. The van der Waals surface area contributed by atoms with E-state index < -0.39 is 26.5 Å². The van der Waals surface area contributed by atoms with Crippen LogP contribution in [0.25, 0.3) is 0 Å². The van der Waals surface area contributed by atoms with Crippen molar-refractivity contribution in [1.29, 1.82) is 0 Å². The minimum absolute atomic E-state index is 0.0580. The summed E-state index contributed by atoms with van der Waals surface area (Å²) in [6.07, 6.45) is 37.0. The van der Waals surface area contributed by atoms with E-state index >= 15 is 0 Å². The minimum atomic E-state index is -4.37. The molecule has 0 aliphatic heterocycles. The van der Waals surface area contributed by atoms with Gasteiger partial charge in [0.15, 0.2) is 6.10 Å². The Morgan fingerprint density at radius 2 is 0.895 bits per heavy atom. The van der Waals surface area contributed by atoms with E-state index in [0.29, 0.717) is 19.6 Å². The lowest BCUT2D eigenvalue weighted by atomic mass is 10.0. The first kappa shape index (κ1) is 58.0. The van der Waals surface area contributed by atoms with Crippen molar-refractivity contribution >= 4 is 19.8 Å².